The Morgan fingerprint density at radius 3 is 3.05 bits per heavy atom. The number of aliphatic hydroxyl groups excluding tert-OH is 1. The van der Waals surface area contributed by atoms with Gasteiger partial charge in [0.15, 0.2) is 0 Å². The minimum absolute atomic E-state index is 0.0915. The summed E-state index contributed by atoms with van der Waals surface area (Å²) >= 11 is 3.37. The van der Waals surface area contributed by atoms with E-state index in [0.29, 0.717) is 16.6 Å². The summed E-state index contributed by atoms with van der Waals surface area (Å²) in [5.74, 6) is 0. The topological polar surface area (TPSA) is 70.4 Å². The molecule has 1 aromatic heterocycles. The normalized spacial score (nSPS) is 25.8. The summed E-state index contributed by atoms with van der Waals surface area (Å²) in [4.78, 5) is 14.7. The second-order valence-electron chi connectivity index (χ2n) is 5.76. The lowest BCUT2D eigenvalue weighted by atomic mass is 9.99. The molecule has 3 heterocycles. The first-order valence-electron chi connectivity index (χ1n) is 7.58. The number of piperidine rings is 1. The van der Waals surface area contributed by atoms with Crippen LogP contribution in [-0.2, 0) is 6.54 Å². The summed E-state index contributed by atoms with van der Waals surface area (Å²) in [6.45, 7) is 2.46. The second-order valence-corrected chi connectivity index (χ2v) is 6.56. The van der Waals surface area contributed by atoms with Gasteiger partial charge in [-0.3, -0.25) is 9.69 Å². The number of aliphatic hydroxyl groups is 1. The Morgan fingerprint density at radius 1 is 1.38 bits per heavy atom. The number of fused-ring (bicyclic) bond motifs is 1. The van der Waals surface area contributed by atoms with E-state index in [-0.39, 0.29) is 18.7 Å². The summed E-state index contributed by atoms with van der Waals surface area (Å²) in [6, 6.07) is 0.960. The standard InChI is InChI=1S/C14H21BrN4O2/c15-13-11(9-16-19(7-8-20)14(13)21)17-10-4-6-18-5-2-1-3-12(10)18/h9-10,12,17,20H,1-8H2. The van der Waals surface area contributed by atoms with Crippen LogP contribution in [0.4, 0.5) is 5.69 Å². The smallest absolute Gasteiger partial charge is 0.283 e. The summed E-state index contributed by atoms with van der Waals surface area (Å²) in [6.07, 6.45) is 6.59. The molecule has 0 bridgehead atoms. The van der Waals surface area contributed by atoms with E-state index in [1.165, 1.54) is 30.5 Å². The van der Waals surface area contributed by atoms with E-state index in [4.69, 9.17) is 5.11 Å². The van der Waals surface area contributed by atoms with E-state index < -0.39 is 0 Å². The van der Waals surface area contributed by atoms with Crippen molar-refractivity contribution < 1.29 is 5.11 Å². The molecule has 7 heteroatoms. The Labute approximate surface area is 132 Å². The molecular weight excluding hydrogens is 336 g/mol. The molecule has 0 saturated carbocycles. The summed E-state index contributed by atoms with van der Waals surface area (Å²) in [5, 5.41) is 16.5. The van der Waals surface area contributed by atoms with Gasteiger partial charge in [0.1, 0.15) is 4.47 Å². The fourth-order valence-electron chi connectivity index (χ4n) is 3.44. The number of nitrogens with zero attached hydrogens (tertiary/aromatic N) is 3. The Morgan fingerprint density at radius 2 is 2.24 bits per heavy atom. The van der Waals surface area contributed by atoms with Crippen molar-refractivity contribution in [3.8, 4) is 0 Å². The van der Waals surface area contributed by atoms with E-state index in [1.54, 1.807) is 6.20 Å². The van der Waals surface area contributed by atoms with Crippen LogP contribution in [0.3, 0.4) is 0 Å². The molecule has 0 radical (unpaired) electrons. The number of anilines is 1. The van der Waals surface area contributed by atoms with Gasteiger partial charge in [0.2, 0.25) is 0 Å². The highest BCUT2D eigenvalue weighted by Crippen LogP contribution is 2.30. The molecule has 21 heavy (non-hydrogen) atoms. The van der Waals surface area contributed by atoms with Crippen LogP contribution in [0, 0.1) is 0 Å². The van der Waals surface area contributed by atoms with Gasteiger partial charge in [0.25, 0.3) is 5.56 Å². The molecule has 2 saturated heterocycles. The number of nitrogens with one attached hydrogen (secondary N) is 1. The number of hydrogen-bond donors (Lipinski definition) is 2. The lowest BCUT2D eigenvalue weighted by Gasteiger charge is -2.33. The van der Waals surface area contributed by atoms with E-state index in [1.807, 2.05) is 0 Å². The molecule has 2 atom stereocenters. The fraction of sp³-hybridized carbons (Fsp3) is 0.714. The number of aromatic nitrogens is 2. The van der Waals surface area contributed by atoms with E-state index >= 15 is 0 Å². The van der Waals surface area contributed by atoms with Gasteiger partial charge in [-0.2, -0.15) is 5.10 Å². The molecule has 2 aliphatic heterocycles. The number of hydrogen-bond acceptors (Lipinski definition) is 5. The number of rotatable bonds is 4. The average molecular weight is 357 g/mol. The molecule has 2 N–H and O–H groups in total. The molecule has 0 spiro atoms. The van der Waals surface area contributed by atoms with Crippen LogP contribution in [0.5, 0.6) is 0 Å². The Bertz CT molecular complexity index is 562. The van der Waals surface area contributed by atoms with Crippen LogP contribution < -0.4 is 10.9 Å². The molecular formula is C14H21BrN4O2. The Kier molecular flexibility index (Phi) is 4.61. The molecule has 2 aliphatic rings. The van der Waals surface area contributed by atoms with Crippen molar-refractivity contribution >= 4 is 21.6 Å². The predicted octanol–water partition coefficient (Wildman–Crippen LogP) is 1.04. The van der Waals surface area contributed by atoms with Crippen molar-refractivity contribution in [2.75, 3.05) is 25.0 Å². The summed E-state index contributed by atoms with van der Waals surface area (Å²) in [7, 11) is 0. The van der Waals surface area contributed by atoms with Gasteiger partial charge in [-0.05, 0) is 41.7 Å². The quantitative estimate of drug-likeness (QED) is 0.843. The molecule has 0 amide bonds. The van der Waals surface area contributed by atoms with Crippen LogP contribution >= 0.6 is 15.9 Å². The van der Waals surface area contributed by atoms with Crippen molar-refractivity contribution in [1.29, 1.82) is 0 Å². The zero-order valence-electron chi connectivity index (χ0n) is 12.0. The first kappa shape index (κ1) is 15.0. The highest BCUT2D eigenvalue weighted by atomic mass is 79.9. The highest BCUT2D eigenvalue weighted by Gasteiger charge is 2.35. The third kappa shape index (κ3) is 3.00. The zero-order chi connectivity index (χ0) is 14.8. The lowest BCUT2D eigenvalue weighted by molar-refractivity contribution is 0.192. The van der Waals surface area contributed by atoms with Crippen LogP contribution in [0.25, 0.3) is 0 Å². The largest absolute Gasteiger partial charge is 0.394 e. The van der Waals surface area contributed by atoms with Gasteiger partial charge in [0.05, 0.1) is 25.0 Å². The Hall–Kier alpha value is -0.920. The molecule has 116 valence electrons. The van der Waals surface area contributed by atoms with Crippen molar-refractivity contribution in [2.45, 2.75) is 44.3 Å². The summed E-state index contributed by atoms with van der Waals surface area (Å²) in [5.41, 5.74) is 0.555. The Balaban J connectivity index is 1.76. The van der Waals surface area contributed by atoms with Gasteiger partial charge < -0.3 is 10.4 Å². The minimum Gasteiger partial charge on any atom is -0.394 e. The third-order valence-electron chi connectivity index (χ3n) is 4.49. The van der Waals surface area contributed by atoms with Crippen molar-refractivity contribution in [3.05, 3.63) is 21.0 Å². The molecule has 2 unspecified atom stereocenters. The van der Waals surface area contributed by atoms with E-state index in [2.05, 4.69) is 31.2 Å². The van der Waals surface area contributed by atoms with Crippen molar-refractivity contribution in [1.82, 2.24) is 14.7 Å². The fourth-order valence-corrected chi connectivity index (χ4v) is 3.86. The van der Waals surface area contributed by atoms with Gasteiger partial charge in [-0.25, -0.2) is 4.68 Å². The van der Waals surface area contributed by atoms with Gasteiger partial charge in [0, 0.05) is 18.6 Å². The van der Waals surface area contributed by atoms with Crippen LogP contribution in [0.2, 0.25) is 0 Å². The van der Waals surface area contributed by atoms with Crippen molar-refractivity contribution in [3.63, 3.8) is 0 Å². The third-order valence-corrected chi connectivity index (χ3v) is 5.26. The lowest BCUT2D eigenvalue weighted by Crippen LogP contribution is -2.42. The molecule has 1 aromatic rings. The summed E-state index contributed by atoms with van der Waals surface area (Å²) < 4.78 is 1.77. The molecule has 6 nitrogen and oxygen atoms in total. The van der Waals surface area contributed by atoms with Gasteiger partial charge in [-0.15, -0.1) is 0 Å². The number of halogens is 1. The predicted molar refractivity (Wildman–Crippen MR) is 84.5 cm³/mol. The monoisotopic (exact) mass is 356 g/mol. The van der Waals surface area contributed by atoms with Crippen LogP contribution in [0.1, 0.15) is 25.7 Å². The average Bonchev–Trinajstić information content (AvgIpc) is 2.90. The zero-order valence-corrected chi connectivity index (χ0v) is 13.5. The highest BCUT2D eigenvalue weighted by molar-refractivity contribution is 9.10. The second kappa shape index (κ2) is 6.46. The van der Waals surface area contributed by atoms with Crippen molar-refractivity contribution in [2.24, 2.45) is 0 Å². The SMILES string of the molecule is O=c1c(Br)c(NC2CCN3CCCCC23)cnn1CCO. The van der Waals surface area contributed by atoms with Crippen LogP contribution in [0.15, 0.2) is 15.5 Å². The first-order chi connectivity index (χ1) is 10.2. The molecule has 2 fully saturated rings. The first-order valence-corrected chi connectivity index (χ1v) is 8.37. The van der Waals surface area contributed by atoms with Crippen LogP contribution in [-0.4, -0.2) is 51.6 Å². The molecule has 0 aliphatic carbocycles. The maximum absolute atomic E-state index is 12.1. The molecule has 3 rings (SSSR count). The van der Waals surface area contributed by atoms with E-state index in [0.717, 1.165) is 18.7 Å². The maximum atomic E-state index is 12.1. The van der Waals surface area contributed by atoms with Gasteiger partial charge in [-0.1, -0.05) is 6.42 Å². The minimum atomic E-state index is -0.201. The maximum Gasteiger partial charge on any atom is 0.283 e. The van der Waals surface area contributed by atoms with Gasteiger partial charge >= 0.3 is 0 Å². The molecule has 0 aromatic carbocycles. The van der Waals surface area contributed by atoms with E-state index in [9.17, 15) is 4.79 Å².